The second-order valence-corrected chi connectivity index (χ2v) is 4.36. The van der Waals surface area contributed by atoms with E-state index in [9.17, 15) is 5.11 Å². The number of phenols is 1. The van der Waals surface area contributed by atoms with E-state index in [1.165, 1.54) is 11.0 Å². The average Bonchev–Trinajstić information content (AvgIpc) is 2.32. The lowest BCUT2D eigenvalue weighted by Gasteiger charge is -2.09. The van der Waals surface area contributed by atoms with Crippen LogP contribution in [0.4, 0.5) is 5.69 Å². The molecule has 2 rings (SSSR count). The molecule has 2 aromatic carbocycles. The molecule has 0 fully saturated rings. The van der Waals surface area contributed by atoms with Crippen LogP contribution in [0.25, 0.3) is 0 Å². The minimum Gasteiger partial charge on any atom is -0.506 e. The summed E-state index contributed by atoms with van der Waals surface area (Å²) < 4.78 is 0. The van der Waals surface area contributed by atoms with E-state index in [0.29, 0.717) is 5.75 Å². The van der Waals surface area contributed by atoms with Crippen LogP contribution in [0.15, 0.2) is 42.5 Å². The minimum atomic E-state index is 0.294. The lowest BCUT2D eigenvalue weighted by atomic mass is 9.95. The molecule has 0 unspecified atom stereocenters. The lowest BCUT2D eigenvalue weighted by molar-refractivity contribution is 0.477. The molecule has 0 aliphatic rings. The molecule has 0 aliphatic carbocycles. The van der Waals surface area contributed by atoms with Crippen molar-refractivity contribution in [1.29, 1.82) is 0 Å². The van der Waals surface area contributed by atoms with E-state index in [0.717, 1.165) is 17.8 Å². The van der Waals surface area contributed by atoms with Gasteiger partial charge in [-0.05, 0) is 30.2 Å². The summed E-state index contributed by atoms with van der Waals surface area (Å²) in [6, 6.07) is 13.9. The topological polar surface area (TPSA) is 32.3 Å². The standard InChI is InChI=1S/C14H16BNO/c1-10-2-7-14(17)13(8-10)16-9-11-3-5-12(15)6-4-11/h2-8,16-17H,9,15H2,1H3. The fourth-order valence-corrected chi connectivity index (χ4v) is 1.69. The highest BCUT2D eigenvalue weighted by Crippen LogP contribution is 2.24. The number of hydrogen-bond donors (Lipinski definition) is 2. The summed E-state index contributed by atoms with van der Waals surface area (Å²) in [5.41, 5.74) is 4.38. The van der Waals surface area contributed by atoms with Gasteiger partial charge in [0.05, 0.1) is 5.69 Å². The molecule has 2 nitrogen and oxygen atoms in total. The zero-order valence-electron chi connectivity index (χ0n) is 10.2. The molecule has 0 aliphatic heterocycles. The highest BCUT2D eigenvalue weighted by molar-refractivity contribution is 6.32. The van der Waals surface area contributed by atoms with Crippen LogP contribution in [0.1, 0.15) is 11.1 Å². The predicted octanol–water partition coefficient (Wildman–Crippen LogP) is 1.57. The van der Waals surface area contributed by atoms with Gasteiger partial charge in [-0.25, -0.2) is 0 Å². The van der Waals surface area contributed by atoms with Gasteiger partial charge in [0.2, 0.25) is 0 Å². The van der Waals surface area contributed by atoms with Crippen molar-refractivity contribution in [3.8, 4) is 5.75 Å². The SMILES string of the molecule is Bc1ccc(CNc2cc(C)ccc2O)cc1. The summed E-state index contributed by atoms with van der Waals surface area (Å²) in [5, 5.41) is 12.9. The maximum absolute atomic E-state index is 9.69. The normalized spacial score (nSPS) is 10.2. The minimum absolute atomic E-state index is 0.294. The van der Waals surface area contributed by atoms with Crippen LogP contribution in [-0.4, -0.2) is 13.0 Å². The van der Waals surface area contributed by atoms with Crippen LogP contribution in [0, 0.1) is 6.92 Å². The molecule has 0 atom stereocenters. The first-order chi connectivity index (χ1) is 8.15. The van der Waals surface area contributed by atoms with E-state index in [4.69, 9.17) is 0 Å². The van der Waals surface area contributed by atoms with Crippen molar-refractivity contribution < 1.29 is 5.11 Å². The Kier molecular flexibility index (Phi) is 3.38. The molecule has 0 bridgehead atoms. The molecule has 3 heteroatoms. The summed E-state index contributed by atoms with van der Waals surface area (Å²) in [5.74, 6) is 0.294. The van der Waals surface area contributed by atoms with E-state index in [1.54, 1.807) is 6.07 Å². The van der Waals surface area contributed by atoms with E-state index < -0.39 is 0 Å². The van der Waals surface area contributed by atoms with Crippen molar-refractivity contribution in [2.75, 3.05) is 5.32 Å². The number of anilines is 1. The van der Waals surface area contributed by atoms with Crippen molar-refractivity contribution in [2.45, 2.75) is 13.5 Å². The summed E-state index contributed by atoms with van der Waals surface area (Å²) in [6.07, 6.45) is 0. The van der Waals surface area contributed by atoms with E-state index in [1.807, 2.05) is 19.1 Å². The van der Waals surface area contributed by atoms with E-state index >= 15 is 0 Å². The number of benzene rings is 2. The summed E-state index contributed by atoms with van der Waals surface area (Å²) in [6.45, 7) is 2.73. The number of aryl methyl sites for hydroxylation is 1. The van der Waals surface area contributed by atoms with Gasteiger partial charge in [0.25, 0.3) is 0 Å². The van der Waals surface area contributed by atoms with E-state index in [2.05, 4.69) is 37.4 Å². The third-order valence-electron chi connectivity index (χ3n) is 2.76. The van der Waals surface area contributed by atoms with Crippen molar-refractivity contribution in [3.63, 3.8) is 0 Å². The van der Waals surface area contributed by atoms with Gasteiger partial charge in [-0.1, -0.05) is 35.8 Å². The Balaban J connectivity index is 2.07. The molecule has 0 heterocycles. The van der Waals surface area contributed by atoms with Gasteiger partial charge in [0.1, 0.15) is 13.6 Å². The summed E-state index contributed by atoms with van der Waals surface area (Å²) >= 11 is 0. The van der Waals surface area contributed by atoms with Crippen molar-refractivity contribution in [1.82, 2.24) is 0 Å². The van der Waals surface area contributed by atoms with Crippen LogP contribution in [-0.2, 0) is 6.54 Å². The van der Waals surface area contributed by atoms with Gasteiger partial charge in [0.15, 0.2) is 0 Å². The van der Waals surface area contributed by atoms with Crippen LogP contribution in [0.5, 0.6) is 5.75 Å². The van der Waals surface area contributed by atoms with Crippen LogP contribution < -0.4 is 10.8 Å². The molecular formula is C14H16BNO. The molecule has 0 aromatic heterocycles. The smallest absolute Gasteiger partial charge is 0.139 e. The fourth-order valence-electron chi connectivity index (χ4n) is 1.69. The Morgan fingerprint density at radius 1 is 1.12 bits per heavy atom. The Morgan fingerprint density at radius 3 is 2.53 bits per heavy atom. The van der Waals surface area contributed by atoms with Gasteiger partial charge in [-0.2, -0.15) is 0 Å². The van der Waals surface area contributed by atoms with Gasteiger partial charge in [-0.3, -0.25) is 0 Å². The number of nitrogens with one attached hydrogen (secondary N) is 1. The Labute approximate surface area is 103 Å². The van der Waals surface area contributed by atoms with Gasteiger partial charge >= 0.3 is 0 Å². The van der Waals surface area contributed by atoms with Crippen LogP contribution in [0.3, 0.4) is 0 Å². The monoisotopic (exact) mass is 225 g/mol. The number of hydrogen-bond acceptors (Lipinski definition) is 2. The van der Waals surface area contributed by atoms with Crippen LogP contribution >= 0.6 is 0 Å². The van der Waals surface area contributed by atoms with Crippen LogP contribution in [0.2, 0.25) is 0 Å². The molecule has 0 amide bonds. The Hall–Kier alpha value is -1.90. The summed E-state index contributed by atoms with van der Waals surface area (Å²) in [7, 11) is 2.07. The Morgan fingerprint density at radius 2 is 1.82 bits per heavy atom. The second-order valence-electron chi connectivity index (χ2n) is 4.36. The Bertz CT molecular complexity index is 508. The third kappa shape index (κ3) is 3.03. The number of phenolic OH excluding ortho intramolecular Hbond substituents is 1. The largest absolute Gasteiger partial charge is 0.506 e. The molecule has 0 radical (unpaired) electrons. The third-order valence-corrected chi connectivity index (χ3v) is 2.76. The van der Waals surface area contributed by atoms with Gasteiger partial charge in [-0.15, -0.1) is 0 Å². The molecule has 0 saturated carbocycles. The summed E-state index contributed by atoms with van der Waals surface area (Å²) in [4.78, 5) is 0. The second kappa shape index (κ2) is 4.96. The molecule has 2 aromatic rings. The van der Waals surface area contributed by atoms with Crippen molar-refractivity contribution >= 4 is 19.0 Å². The molecule has 86 valence electrons. The molecule has 17 heavy (non-hydrogen) atoms. The first-order valence-corrected chi connectivity index (χ1v) is 5.74. The first-order valence-electron chi connectivity index (χ1n) is 5.74. The maximum atomic E-state index is 9.69. The number of rotatable bonds is 3. The maximum Gasteiger partial charge on any atom is 0.139 e. The zero-order chi connectivity index (χ0) is 12.3. The molecule has 0 spiro atoms. The highest BCUT2D eigenvalue weighted by Gasteiger charge is 2.00. The molecule has 2 N–H and O–H groups in total. The zero-order valence-corrected chi connectivity index (χ0v) is 10.2. The molecular weight excluding hydrogens is 209 g/mol. The predicted molar refractivity (Wildman–Crippen MR) is 74.8 cm³/mol. The average molecular weight is 225 g/mol. The van der Waals surface area contributed by atoms with Crippen molar-refractivity contribution in [2.24, 2.45) is 0 Å². The highest BCUT2D eigenvalue weighted by atomic mass is 16.3. The lowest BCUT2D eigenvalue weighted by Crippen LogP contribution is -2.04. The van der Waals surface area contributed by atoms with Gasteiger partial charge in [0, 0.05) is 6.54 Å². The van der Waals surface area contributed by atoms with Gasteiger partial charge < -0.3 is 10.4 Å². The first kappa shape index (κ1) is 11.6. The number of aromatic hydroxyl groups is 1. The fraction of sp³-hybridized carbons (Fsp3) is 0.143. The van der Waals surface area contributed by atoms with Crippen molar-refractivity contribution in [3.05, 3.63) is 53.6 Å². The molecule has 0 saturated heterocycles. The quantitative estimate of drug-likeness (QED) is 0.613. The van der Waals surface area contributed by atoms with E-state index in [-0.39, 0.29) is 0 Å².